The number of nitrogens with one attached hydrogen (secondary N) is 2. The van der Waals surface area contributed by atoms with E-state index in [1.54, 1.807) is 25.2 Å². The molecular weight excluding hydrogens is 330 g/mol. The lowest BCUT2D eigenvalue weighted by Gasteiger charge is -2.27. The molecule has 1 aliphatic heterocycles. The van der Waals surface area contributed by atoms with E-state index in [0.717, 1.165) is 25.9 Å². The summed E-state index contributed by atoms with van der Waals surface area (Å²) in [5, 5.41) is 5.60. The first-order valence-electron chi connectivity index (χ1n) is 8.16. The van der Waals surface area contributed by atoms with E-state index in [-0.39, 0.29) is 30.8 Å². The van der Waals surface area contributed by atoms with Crippen LogP contribution < -0.4 is 15.4 Å². The first kappa shape index (κ1) is 20.3. The Morgan fingerprint density at radius 3 is 2.54 bits per heavy atom. The summed E-state index contributed by atoms with van der Waals surface area (Å²) in [5.41, 5.74) is 1.12. The van der Waals surface area contributed by atoms with E-state index in [0.29, 0.717) is 23.6 Å². The van der Waals surface area contributed by atoms with Gasteiger partial charge in [-0.1, -0.05) is 0 Å². The second-order valence-corrected chi connectivity index (χ2v) is 5.58. The number of halogens is 1. The van der Waals surface area contributed by atoms with Crippen LogP contribution in [0.1, 0.15) is 36.5 Å². The number of carbonyl (C=O) groups excluding carboxylic acids is 2. The van der Waals surface area contributed by atoms with Crippen molar-refractivity contribution in [2.45, 2.75) is 26.2 Å². The van der Waals surface area contributed by atoms with Crippen molar-refractivity contribution < 1.29 is 14.3 Å². The summed E-state index contributed by atoms with van der Waals surface area (Å²) >= 11 is 0. The van der Waals surface area contributed by atoms with Crippen LogP contribution in [0.25, 0.3) is 0 Å². The quantitative estimate of drug-likeness (QED) is 0.821. The van der Waals surface area contributed by atoms with Gasteiger partial charge in [-0.25, -0.2) is 0 Å². The molecule has 1 fully saturated rings. The normalized spacial score (nSPS) is 13.8. The van der Waals surface area contributed by atoms with Crippen LogP contribution in [0, 0.1) is 0 Å². The van der Waals surface area contributed by atoms with Crippen LogP contribution in [0.4, 0.5) is 5.69 Å². The van der Waals surface area contributed by atoms with Gasteiger partial charge in [-0.15, -0.1) is 12.4 Å². The number of hydrogen-bond donors (Lipinski definition) is 2. The molecule has 0 atom stereocenters. The molecule has 1 aromatic rings. The highest BCUT2D eigenvalue weighted by molar-refractivity contribution is 5.98. The minimum atomic E-state index is -0.170. The van der Waals surface area contributed by atoms with Crippen LogP contribution >= 0.6 is 12.4 Å². The molecule has 1 aromatic carbocycles. The van der Waals surface area contributed by atoms with Crippen LogP contribution in [-0.4, -0.2) is 50.0 Å². The summed E-state index contributed by atoms with van der Waals surface area (Å²) < 4.78 is 5.54. The Bertz CT molecular complexity index is 560. The number of benzene rings is 1. The molecule has 0 saturated carbocycles. The van der Waals surface area contributed by atoms with E-state index in [9.17, 15) is 9.59 Å². The third-order valence-corrected chi connectivity index (χ3v) is 3.78. The Labute approximate surface area is 149 Å². The standard InChI is InChI=1S/C17H25N3O3.ClH/c1-3-23-15-8-7-13(11-14(15)19-16(21)12-18-2)17(22)20-9-5-4-6-10-20;/h7-8,11,18H,3-6,9-10,12H2,1-2H3,(H,19,21);1H. The zero-order chi connectivity index (χ0) is 16.7. The Morgan fingerprint density at radius 1 is 1.21 bits per heavy atom. The van der Waals surface area contributed by atoms with E-state index in [1.807, 2.05) is 11.8 Å². The summed E-state index contributed by atoms with van der Waals surface area (Å²) in [5.74, 6) is 0.417. The fourth-order valence-electron chi connectivity index (χ4n) is 2.68. The number of piperidine rings is 1. The molecule has 0 aromatic heterocycles. The van der Waals surface area contributed by atoms with Crippen LogP contribution in [0.5, 0.6) is 5.75 Å². The Hall–Kier alpha value is -1.79. The number of amides is 2. The van der Waals surface area contributed by atoms with E-state index in [4.69, 9.17) is 4.74 Å². The predicted molar refractivity (Wildman–Crippen MR) is 97.2 cm³/mol. The summed E-state index contributed by atoms with van der Waals surface area (Å²) in [6.07, 6.45) is 3.28. The average molecular weight is 356 g/mol. The fraction of sp³-hybridized carbons (Fsp3) is 0.529. The lowest BCUT2D eigenvalue weighted by Crippen LogP contribution is -2.35. The summed E-state index contributed by atoms with van der Waals surface area (Å²) in [4.78, 5) is 26.3. The van der Waals surface area contributed by atoms with Crippen LogP contribution in [0.15, 0.2) is 18.2 Å². The van der Waals surface area contributed by atoms with Crippen LogP contribution in [0.3, 0.4) is 0 Å². The molecule has 2 N–H and O–H groups in total. The van der Waals surface area contributed by atoms with Crippen molar-refractivity contribution in [1.82, 2.24) is 10.2 Å². The monoisotopic (exact) mass is 355 g/mol. The Morgan fingerprint density at radius 2 is 1.92 bits per heavy atom. The van der Waals surface area contributed by atoms with E-state index in [1.165, 1.54) is 6.42 Å². The van der Waals surface area contributed by atoms with Gasteiger partial charge in [0, 0.05) is 18.7 Å². The molecule has 1 saturated heterocycles. The van der Waals surface area contributed by atoms with E-state index in [2.05, 4.69) is 10.6 Å². The molecule has 0 spiro atoms. The SMILES string of the molecule is CCOc1ccc(C(=O)N2CCCCC2)cc1NC(=O)CNC.Cl. The van der Waals surface area contributed by atoms with Crippen molar-refractivity contribution in [3.63, 3.8) is 0 Å². The number of nitrogens with zero attached hydrogens (tertiary/aromatic N) is 1. The van der Waals surface area contributed by atoms with Crippen molar-refractivity contribution in [3.8, 4) is 5.75 Å². The number of likely N-dealkylation sites (tertiary alicyclic amines) is 1. The third-order valence-electron chi connectivity index (χ3n) is 3.78. The van der Waals surface area contributed by atoms with Gasteiger partial charge in [0.05, 0.1) is 18.8 Å². The van der Waals surface area contributed by atoms with Gasteiger partial charge in [-0.05, 0) is 51.4 Å². The van der Waals surface area contributed by atoms with Gasteiger partial charge >= 0.3 is 0 Å². The Kier molecular flexibility index (Phi) is 8.57. The lowest BCUT2D eigenvalue weighted by molar-refractivity contribution is -0.115. The zero-order valence-corrected chi connectivity index (χ0v) is 15.1. The van der Waals surface area contributed by atoms with Crippen molar-refractivity contribution >= 4 is 29.9 Å². The van der Waals surface area contributed by atoms with Gasteiger partial charge in [0.15, 0.2) is 0 Å². The molecule has 2 rings (SSSR count). The number of hydrogen-bond acceptors (Lipinski definition) is 4. The van der Waals surface area contributed by atoms with Crippen LogP contribution in [-0.2, 0) is 4.79 Å². The number of anilines is 1. The molecule has 24 heavy (non-hydrogen) atoms. The largest absolute Gasteiger partial charge is 0.492 e. The van der Waals surface area contributed by atoms with Crippen molar-refractivity contribution in [3.05, 3.63) is 23.8 Å². The zero-order valence-electron chi connectivity index (χ0n) is 14.3. The molecule has 0 radical (unpaired) electrons. The third kappa shape index (κ3) is 5.39. The van der Waals surface area contributed by atoms with E-state index < -0.39 is 0 Å². The molecule has 1 aliphatic rings. The predicted octanol–water partition coefficient (Wildman–Crippen LogP) is 2.29. The van der Waals surface area contributed by atoms with Gasteiger partial charge in [-0.3, -0.25) is 9.59 Å². The first-order valence-corrected chi connectivity index (χ1v) is 8.16. The molecule has 7 heteroatoms. The summed E-state index contributed by atoms with van der Waals surface area (Å²) in [7, 11) is 1.71. The maximum Gasteiger partial charge on any atom is 0.253 e. The molecular formula is C17H26ClN3O3. The first-order chi connectivity index (χ1) is 11.2. The van der Waals surface area contributed by atoms with Gasteiger partial charge in [0.2, 0.25) is 5.91 Å². The molecule has 0 aliphatic carbocycles. The topological polar surface area (TPSA) is 70.7 Å². The number of likely N-dealkylation sites (N-methyl/N-ethyl adjacent to an activating group) is 1. The molecule has 2 amide bonds. The number of rotatable bonds is 6. The van der Waals surface area contributed by atoms with Crippen molar-refractivity contribution in [2.24, 2.45) is 0 Å². The second-order valence-electron chi connectivity index (χ2n) is 5.58. The highest BCUT2D eigenvalue weighted by Gasteiger charge is 2.19. The van der Waals surface area contributed by atoms with Crippen molar-refractivity contribution in [2.75, 3.05) is 38.6 Å². The maximum atomic E-state index is 12.6. The number of ether oxygens (including phenoxy) is 1. The maximum absolute atomic E-state index is 12.6. The second kappa shape index (κ2) is 10.2. The van der Waals surface area contributed by atoms with Gasteiger partial charge in [0.25, 0.3) is 5.91 Å². The van der Waals surface area contributed by atoms with Gasteiger partial charge in [-0.2, -0.15) is 0 Å². The van der Waals surface area contributed by atoms with Gasteiger partial charge < -0.3 is 20.3 Å². The Balaban J connectivity index is 0.00000288. The van der Waals surface area contributed by atoms with E-state index >= 15 is 0 Å². The lowest BCUT2D eigenvalue weighted by atomic mass is 10.1. The molecule has 0 bridgehead atoms. The average Bonchev–Trinajstić information content (AvgIpc) is 2.57. The molecule has 134 valence electrons. The highest BCUT2D eigenvalue weighted by Crippen LogP contribution is 2.27. The summed E-state index contributed by atoms with van der Waals surface area (Å²) in [6, 6.07) is 5.21. The molecule has 6 nitrogen and oxygen atoms in total. The minimum absolute atomic E-state index is 0. The molecule has 1 heterocycles. The number of carbonyl (C=O) groups is 2. The fourth-order valence-corrected chi connectivity index (χ4v) is 2.68. The smallest absolute Gasteiger partial charge is 0.253 e. The summed E-state index contributed by atoms with van der Waals surface area (Å²) in [6.45, 7) is 4.18. The highest BCUT2D eigenvalue weighted by atomic mass is 35.5. The van der Waals surface area contributed by atoms with Crippen LogP contribution in [0.2, 0.25) is 0 Å². The van der Waals surface area contributed by atoms with Gasteiger partial charge in [0.1, 0.15) is 5.75 Å². The van der Waals surface area contributed by atoms with Crippen molar-refractivity contribution in [1.29, 1.82) is 0 Å². The minimum Gasteiger partial charge on any atom is -0.492 e. The molecule has 0 unspecified atom stereocenters.